The normalized spacial score (nSPS) is 10.2. The van der Waals surface area contributed by atoms with Gasteiger partial charge in [-0.1, -0.05) is 0 Å². The van der Waals surface area contributed by atoms with E-state index in [0.29, 0.717) is 25.3 Å². The van der Waals surface area contributed by atoms with Crippen molar-refractivity contribution in [3.8, 4) is 0 Å². The first-order valence-corrected chi connectivity index (χ1v) is 7.40. The molecular weight excluding hydrogens is 313 g/mol. The molecule has 0 aliphatic rings. The molecule has 1 aromatic carbocycles. The topological polar surface area (TPSA) is 80.3 Å². The molecule has 0 saturated heterocycles. The second-order valence-electron chi connectivity index (χ2n) is 4.99. The Morgan fingerprint density at radius 2 is 1.92 bits per heavy atom. The molecule has 0 fully saturated rings. The Hall–Kier alpha value is -2.80. The summed E-state index contributed by atoms with van der Waals surface area (Å²) in [6.07, 6.45) is 2.08. The van der Waals surface area contributed by atoms with Crippen LogP contribution < -0.4 is 10.6 Å². The summed E-state index contributed by atoms with van der Waals surface area (Å²) in [5.74, 6) is -1.15. The molecule has 2 aromatic rings. The van der Waals surface area contributed by atoms with Crippen LogP contribution in [0.15, 0.2) is 42.6 Å². The average molecular weight is 331 g/mol. The van der Waals surface area contributed by atoms with Gasteiger partial charge in [-0.3, -0.25) is 14.6 Å². The van der Waals surface area contributed by atoms with Crippen LogP contribution in [0.3, 0.4) is 0 Å². The van der Waals surface area contributed by atoms with E-state index in [0.717, 1.165) is 0 Å². The van der Waals surface area contributed by atoms with Crippen molar-refractivity contribution in [2.24, 2.45) is 0 Å². The lowest BCUT2D eigenvalue weighted by atomic mass is 10.2. The number of aromatic nitrogens is 1. The molecule has 0 aliphatic carbocycles. The zero-order valence-electron chi connectivity index (χ0n) is 13.2. The SMILES string of the molecule is COCCCNC(=O)c1cc(C(=O)Nc2ccc(F)cc2)ccn1. The number of nitrogens with one attached hydrogen (secondary N) is 2. The summed E-state index contributed by atoms with van der Waals surface area (Å²) in [6.45, 7) is 1.01. The quantitative estimate of drug-likeness (QED) is 0.763. The number of methoxy groups -OCH3 is 1. The van der Waals surface area contributed by atoms with Gasteiger partial charge in [-0.25, -0.2) is 4.39 Å². The first kappa shape index (κ1) is 17.6. The Morgan fingerprint density at radius 1 is 1.17 bits per heavy atom. The highest BCUT2D eigenvalue weighted by atomic mass is 19.1. The van der Waals surface area contributed by atoms with E-state index in [-0.39, 0.29) is 23.0 Å². The predicted molar refractivity (Wildman–Crippen MR) is 87.4 cm³/mol. The third-order valence-electron chi connectivity index (χ3n) is 3.17. The smallest absolute Gasteiger partial charge is 0.269 e. The predicted octanol–water partition coefficient (Wildman–Crippen LogP) is 2.24. The molecule has 0 unspecified atom stereocenters. The highest BCUT2D eigenvalue weighted by Gasteiger charge is 2.12. The van der Waals surface area contributed by atoms with Gasteiger partial charge in [-0.2, -0.15) is 0 Å². The first-order valence-electron chi connectivity index (χ1n) is 7.40. The van der Waals surface area contributed by atoms with Crippen LogP contribution in [0.4, 0.5) is 10.1 Å². The molecule has 0 radical (unpaired) electrons. The van der Waals surface area contributed by atoms with Gasteiger partial charge in [-0.05, 0) is 42.8 Å². The maximum absolute atomic E-state index is 12.9. The van der Waals surface area contributed by atoms with Gasteiger partial charge in [-0.15, -0.1) is 0 Å². The van der Waals surface area contributed by atoms with E-state index in [1.807, 2.05) is 0 Å². The molecule has 126 valence electrons. The largest absolute Gasteiger partial charge is 0.385 e. The second kappa shape index (κ2) is 8.73. The fraction of sp³-hybridized carbons (Fsp3) is 0.235. The number of ether oxygens (including phenoxy) is 1. The second-order valence-corrected chi connectivity index (χ2v) is 4.99. The molecule has 2 amide bonds. The Balaban J connectivity index is 1.99. The minimum absolute atomic E-state index is 0.152. The molecule has 2 rings (SSSR count). The van der Waals surface area contributed by atoms with Crippen molar-refractivity contribution >= 4 is 17.5 Å². The van der Waals surface area contributed by atoms with Gasteiger partial charge in [0, 0.05) is 37.7 Å². The summed E-state index contributed by atoms with van der Waals surface area (Å²) in [5, 5.41) is 5.33. The number of hydrogen-bond donors (Lipinski definition) is 2. The molecule has 1 heterocycles. The highest BCUT2D eigenvalue weighted by Crippen LogP contribution is 2.11. The van der Waals surface area contributed by atoms with Crippen molar-refractivity contribution in [3.63, 3.8) is 0 Å². The monoisotopic (exact) mass is 331 g/mol. The first-order chi connectivity index (χ1) is 11.6. The van der Waals surface area contributed by atoms with Crippen LogP contribution >= 0.6 is 0 Å². The highest BCUT2D eigenvalue weighted by molar-refractivity contribution is 6.05. The van der Waals surface area contributed by atoms with E-state index in [4.69, 9.17) is 4.74 Å². The number of benzene rings is 1. The van der Waals surface area contributed by atoms with Crippen LogP contribution in [0.2, 0.25) is 0 Å². The standard InChI is InChI=1S/C17H18FN3O3/c1-24-10-2-8-20-17(23)15-11-12(7-9-19-15)16(22)21-14-5-3-13(18)4-6-14/h3-7,9,11H,2,8,10H2,1H3,(H,20,23)(H,21,22). The van der Waals surface area contributed by atoms with Gasteiger partial charge in [0.05, 0.1) is 0 Å². The van der Waals surface area contributed by atoms with Gasteiger partial charge >= 0.3 is 0 Å². The van der Waals surface area contributed by atoms with Crippen LogP contribution in [0.25, 0.3) is 0 Å². The number of pyridine rings is 1. The van der Waals surface area contributed by atoms with Crippen LogP contribution in [-0.4, -0.2) is 37.1 Å². The Labute approximate surface area is 139 Å². The number of anilines is 1. The third kappa shape index (κ3) is 5.13. The fourth-order valence-corrected chi connectivity index (χ4v) is 1.94. The minimum Gasteiger partial charge on any atom is -0.385 e. The lowest BCUT2D eigenvalue weighted by Gasteiger charge is -2.07. The Kier molecular flexibility index (Phi) is 6.39. The van der Waals surface area contributed by atoms with E-state index in [2.05, 4.69) is 15.6 Å². The average Bonchev–Trinajstić information content (AvgIpc) is 2.60. The number of halogens is 1. The molecule has 0 saturated carbocycles. The summed E-state index contributed by atoms with van der Waals surface area (Å²) in [4.78, 5) is 28.1. The Bertz CT molecular complexity index is 704. The number of nitrogens with zero attached hydrogens (tertiary/aromatic N) is 1. The number of rotatable bonds is 7. The summed E-state index contributed by atoms with van der Waals surface area (Å²) < 4.78 is 17.8. The number of amides is 2. The molecule has 24 heavy (non-hydrogen) atoms. The van der Waals surface area contributed by atoms with Gasteiger partial charge in [0.25, 0.3) is 11.8 Å². The van der Waals surface area contributed by atoms with Gasteiger partial charge < -0.3 is 15.4 Å². The number of hydrogen-bond acceptors (Lipinski definition) is 4. The lowest BCUT2D eigenvalue weighted by molar-refractivity contribution is 0.0943. The van der Waals surface area contributed by atoms with Crippen molar-refractivity contribution in [2.75, 3.05) is 25.6 Å². The zero-order valence-corrected chi connectivity index (χ0v) is 13.2. The van der Waals surface area contributed by atoms with Gasteiger partial charge in [0.2, 0.25) is 0 Å². The molecule has 2 N–H and O–H groups in total. The van der Waals surface area contributed by atoms with Crippen molar-refractivity contribution in [3.05, 3.63) is 59.7 Å². The van der Waals surface area contributed by atoms with Crippen molar-refractivity contribution < 1.29 is 18.7 Å². The molecule has 7 heteroatoms. The van der Waals surface area contributed by atoms with Gasteiger partial charge in [0.1, 0.15) is 11.5 Å². The molecule has 6 nitrogen and oxygen atoms in total. The van der Waals surface area contributed by atoms with Crippen LogP contribution in [0.1, 0.15) is 27.3 Å². The summed E-state index contributed by atoms with van der Waals surface area (Å²) in [5.41, 5.74) is 0.902. The third-order valence-corrected chi connectivity index (χ3v) is 3.17. The van der Waals surface area contributed by atoms with E-state index in [1.54, 1.807) is 7.11 Å². The Morgan fingerprint density at radius 3 is 2.62 bits per heavy atom. The van der Waals surface area contributed by atoms with Gasteiger partial charge in [0.15, 0.2) is 0 Å². The van der Waals surface area contributed by atoms with E-state index in [9.17, 15) is 14.0 Å². The summed E-state index contributed by atoms with van der Waals surface area (Å²) in [6, 6.07) is 8.32. The van der Waals surface area contributed by atoms with Crippen LogP contribution in [0, 0.1) is 5.82 Å². The molecule has 0 spiro atoms. The van der Waals surface area contributed by atoms with Crippen LogP contribution in [-0.2, 0) is 4.74 Å². The summed E-state index contributed by atoms with van der Waals surface area (Å²) in [7, 11) is 1.59. The van der Waals surface area contributed by atoms with E-state index >= 15 is 0 Å². The van der Waals surface area contributed by atoms with Crippen molar-refractivity contribution in [2.45, 2.75) is 6.42 Å². The van der Waals surface area contributed by atoms with E-state index < -0.39 is 5.91 Å². The van der Waals surface area contributed by atoms with Crippen molar-refractivity contribution in [1.29, 1.82) is 0 Å². The van der Waals surface area contributed by atoms with Crippen molar-refractivity contribution in [1.82, 2.24) is 10.3 Å². The lowest BCUT2D eigenvalue weighted by Crippen LogP contribution is -2.26. The fourth-order valence-electron chi connectivity index (χ4n) is 1.94. The molecular formula is C17H18FN3O3. The maximum atomic E-state index is 12.9. The number of carbonyl (C=O) groups excluding carboxylic acids is 2. The molecule has 0 aliphatic heterocycles. The minimum atomic E-state index is -0.405. The van der Waals surface area contributed by atoms with E-state index in [1.165, 1.54) is 42.6 Å². The molecule has 1 aromatic heterocycles. The molecule has 0 bridgehead atoms. The van der Waals surface area contributed by atoms with Crippen LogP contribution in [0.5, 0.6) is 0 Å². The zero-order chi connectivity index (χ0) is 17.4. The maximum Gasteiger partial charge on any atom is 0.269 e. The number of carbonyl (C=O) groups is 2. The molecule has 0 atom stereocenters. The summed E-state index contributed by atoms with van der Waals surface area (Å²) >= 11 is 0.